The van der Waals surface area contributed by atoms with Gasteiger partial charge in [0, 0.05) is 48.4 Å². The molecular weight excluding hydrogens is 424 g/mol. The highest BCUT2D eigenvalue weighted by atomic mass is 32.2. The third-order valence-electron chi connectivity index (χ3n) is 4.55. The molecule has 3 heterocycles. The fraction of sp³-hybridized carbons (Fsp3) is 0.300. The summed E-state index contributed by atoms with van der Waals surface area (Å²) in [5.41, 5.74) is 1.23. The molecule has 1 saturated heterocycles. The summed E-state index contributed by atoms with van der Waals surface area (Å²) in [7, 11) is 0. The number of hydrogen-bond donors (Lipinski definition) is 3. The second-order valence-corrected chi connectivity index (χ2v) is 8.31. The lowest BCUT2D eigenvalue weighted by molar-refractivity contribution is -0.137. The van der Waals surface area contributed by atoms with Crippen molar-refractivity contribution in [2.75, 3.05) is 28.6 Å². The molecule has 0 spiro atoms. The predicted molar refractivity (Wildman–Crippen MR) is 115 cm³/mol. The Kier molecular flexibility index (Phi) is 5.77. The molecule has 162 valence electrons. The predicted octanol–water partition coefficient (Wildman–Crippen LogP) is 4.21. The summed E-state index contributed by atoms with van der Waals surface area (Å²) in [5, 5.41) is 13.0. The molecule has 3 aromatic rings. The van der Waals surface area contributed by atoms with Gasteiger partial charge < -0.3 is 15.5 Å². The van der Waals surface area contributed by atoms with Crippen LogP contribution in [0, 0.1) is 6.92 Å². The van der Waals surface area contributed by atoms with E-state index in [0.29, 0.717) is 29.4 Å². The maximum absolute atomic E-state index is 13.1. The summed E-state index contributed by atoms with van der Waals surface area (Å²) in [6, 6.07) is 10.3. The van der Waals surface area contributed by atoms with E-state index in [-0.39, 0.29) is 0 Å². The summed E-state index contributed by atoms with van der Waals surface area (Å²) >= 11 is 1.34. The molecule has 0 radical (unpaired) electrons. The van der Waals surface area contributed by atoms with Crippen molar-refractivity contribution in [1.82, 2.24) is 20.2 Å². The van der Waals surface area contributed by atoms with E-state index in [2.05, 4.69) is 35.7 Å². The maximum atomic E-state index is 13.1. The standard InChI is InChI=1S/C20H21F2N7OS/c1-12-10-16(28-27-12)24-15-11-17(29-8-3-9-29)26-19(25-15)31-14-6-4-13(5-7-14)23-18(30)20(2,21)22/h4-7,10-11H,3,8-9H2,1-2H3,(H,23,30)(H2,24,25,26,27,28). The number of amides is 1. The number of nitrogens with one attached hydrogen (secondary N) is 3. The van der Waals surface area contributed by atoms with Crippen molar-refractivity contribution in [3.05, 3.63) is 42.1 Å². The smallest absolute Gasteiger partial charge is 0.322 e. The van der Waals surface area contributed by atoms with E-state index in [4.69, 9.17) is 0 Å². The SMILES string of the molecule is Cc1cc(Nc2cc(N3CCC3)nc(Sc3ccc(NC(=O)C(C)(F)F)cc3)n2)n[nH]1. The molecule has 4 rings (SSSR count). The first-order valence-electron chi connectivity index (χ1n) is 9.66. The third kappa shape index (κ3) is 5.29. The highest BCUT2D eigenvalue weighted by molar-refractivity contribution is 7.99. The molecule has 11 heteroatoms. The summed E-state index contributed by atoms with van der Waals surface area (Å²) < 4.78 is 26.1. The van der Waals surface area contributed by atoms with Crippen molar-refractivity contribution < 1.29 is 13.6 Å². The zero-order valence-electron chi connectivity index (χ0n) is 16.9. The second kappa shape index (κ2) is 8.50. The van der Waals surface area contributed by atoms with Crippen molar-refractivity contribution in [3.8, 4) is 0 Å². The Morgan fingerprint density at radius 3 is 2.48 bits per heavy atom. The molecule has 8 nitrogen and oxygen atoms in total. The average Bonchev–Trinajstić information content (AvgIpc) is 3.05. The molecule has 0 saturated carbocycles. The Hall–Kier alpha value is -3.21. The van der Waals surface area contributed by atoms with Gasteiger partial charge in [0.2, 0.25) is 0 Å². The number of anilines is 4. The second-order valence-electron chi connectivity index (χ2n) is 7.26. The topological polar surface area (TPSA) is 98.8 Å². The fourth-order valence-corrected chi connectivity index (χ4v) is 3.56. The van der Waals surface area contributed by atoms with Gasteiger partial charge >= 0.3 is 5.92 Å². The Labute approximate surface area is 181 Å². The monoisotopic (exact) mass is 445 g/mol. The van der Waals surface area contributed by atoms with Gasteiger partial charge in [-0.2, -0.15) is 13.9 Å². The minimum absolute atomic E-state index is 0.294. The number of H-pyrrole nitrogens is 1. The lowest BCUT2D eigenvalue weighted by atomic mass is 10.2. The Bertz CT molecular complexity index is 1080. The number of nitrogens with zero attached hydrogens (tertiary/aromatic N) is 4. The Morgan fingerprint density at radius 1 is 1.16 bits per heavy atom. The minimum Gasteiger partial charge on any atom is -0.356 e. The largest absolute Gasteiger partial charge is 0.356 e. The number of halogens is 2. The van der Waals surface area contributed by atoms with Gasteiger partial charge in [-0.3, -0.25) is 9.89 Å². The summed E-state index contributed by atoms with van der Waals surface area (Å²) in [6.45, 7) is 4.36. The molecule has 3 N–H and O–H groups in total. The van der Waals surface area contributed by atoms with E-state index in [0.717, 1.165) is 35.9 Å². The molecule has 0 unspecified atom stereocenters. The van der Waals surface area contributed by atoms with Crippen LogP contribution < -0.4 is 15.5 Å². The molecule has 31 heavy (non-hydrogen) atoms. The first kappa shape index (κ1) is 21.0. The van der Waals surface area contributed by atoms with Crippen molar-refractivity contribution >= 4 is 40.8 Å². The number of alkyl halides is 2. The molecule has 1 aromatic carbocycles. The van der Waals surface area contributed by atoms with Crippen LogP contribution in [-0.2, 0) is 4.79 Å². The lowest BCUT2D eigenvalue weighted by Crippen LogP contribution is -2.37. The number of aromatic nitrogens is 4. The number of benzene rings is 1. The van der Waals surface area contributed by atoms with Gasteiger partial charge in [0.25, 0.3) is 5.91 Å². The number of aryl methyl sites for hydroxylation is 1. The van der Waals surface area contributed by atoms with Crippen LogP contribution in [0.4, 0.5) is 31.9 Å². The van der Waals surface area contributed by atoms with Gasteiger partial charge in [0.1, 0.15) is 11.6 Å². The summed E-state index contributed by atoms with van der Waals surface area (Å²) in [6.07, 6.45) is 1.12. The number of carbonyl (C=O) groups excluding carboxylic acids is 1. The van der Waals surface area contributed by atoms with Crippen LogP contribution in [0.25, 0.3) is 0 Å². The van der Waals surface area contributed by atoms with E-state index in [1.165, 1.54) is 11.8 Å². The van der Waals surface area contributed by atoms with Gasteiger partial charge in [0.15, 0.2) is 11.0 Å². The van der Waals surface area contributed by atoms with Crippen molar-refractivity contribution in [2.45, 2.75) is 36.2 Å². The first-order chi connectivity index (χ1) is 14.8. The molecule has 0 atom stereocenters. The number of carbonyl (C=O) groups is 1. The van der Waals surface area contributed by atoms with E-state index in [1.807, 2.05) is 19.1 Å². The maximum Gasteiger partial charge on any atom is 0.322 e. The van der Waals surface area contributed by atoms with Crippen LogP contribution >= 0.6 is 11.8 Å². The van der Waals surface area contributed by atoms with Crippen LogP contribution in [0.3, 0.4) is 0 Å². The van der Waals surface area contributed by atoms with Crippen LogP contribution in [0.15, 0.2) is 46.5 Å². The van der Waals surface area contributed by atoms with E-state index >= 15 is 0 Å². The minimum atomic E-state index is -3.44. The van der Waals surface area contributed by atoms with E-state index in [1.54, 1.807) is 24.3 Å². The van der Waals surface area contributed by atoms with Crippen molar-refractivity contribution in [2.24, 2.45) is 0 Å². The quantitative estimate of drug-likeness (QED) is 0.469. The highest BCUT2D eigenvalue weighted by Crippen LogP contribution is 2.31. The van der Waals surface area contributed by atoms with E-state index in [9.17, 15) is 13.6 Å². The summed E-state index contributed by atoms with van der Waals surface area (Å²) in [5.74, 6) is -2.67. The molecule has 1 amide bonds. The highest BCUT2D eigenvalue weighted by Gasteiger charge is 2.32. The van der Waals surface area contributed by atoms with Gasteiger partial charge in [-0.25, -0.2) is 9.97 Å². The van der Waals surface area contributed by atoms with Crippen molar-refractivity contribution in [3.63, 3.8) is 0 Å². The van der Waals surface area contributed by atoms with E-state index < -0.39 is 11.8 Å². The molecular formula is C20H21F2N7OS. The van der Waals surface area contributed by atoms with Crippen LogP contribution in [-0.4, -0.2) is 45.1 Å². The first-order valence-corrected chi connectivity index (χ1v) is 10.5. The molecule has 1 fully saturated rings. The summed E-state index contributed by atoms with van der Waals surface area (Å²) in [4.78, 5) is 23.6. The lowest BCUT2D eigenvalue weighted by Gasteiger charge is -2.32. The van der Waals surface area contributed by atoms with Gasteiger partial charge in [-0.1, -0.05) is 0 Å². The Morgan fingerprint density at radius 2 is 1.90 bits per heavy atom. The number of hydrogen-bond acceptors (Lipinski definition) is 7. The van der Waals surface area contributed by atoms with Crippen LogP contribution in [0.5, 0.6) is 0 Å². The van der Waals surface area contributed by atoms with Gasteiger partial charge in [0.05, 0.1) is 0 Å². The zero-order chi connectivity index (χ0) is 22.0. The third-order valence-corrected chi connectivity index (χ3v) is 5.43. The van der Waals surface area contributed by atoms with Gasteiger partial charge in [-0.15, -0.1) is 0 Å². The van der Waals surface area contributed by atoms with Crippen LogP contribution in [0.1, 0.15) is 19.0 Å². The van der Waals surface area contributed by atoms with Crippen LogP contribution in [0.2, 0.25) is 0 Å². The number of rotatable bonds is 7. The molecule has 0 bridgehead atoms. The number of aromatic amines is 1. The van der Waals surface area contributed by atoms with Crippen molar-refractivity contribution in [1.29, 1.82) is 0 Å². The molecule has 0 aliphatic carbocycles. The fourth-order valence-electron chi connectivity index (χ4n) is 2.80. The normalized spacial score (nSPS) is 13.6. The molecule has 1 aliphatic heterocycles. The van der Waals surface area contributed by atoms with Gasteiger partial charge in [-0.05, 0) is 49.4 Å². The zero-order valence-corrected chi connectivity index (χ0v) is 17.8. The average molecular weight is 445 g/mol. The molecule has 1 aliphatic rings. The Balaban J connectivity index is 1.51. The molecule has 2 aromatic heterocycles.